The van der Waals surface area contributed by atoms with Gasteiger partial charge in [-0.25, -0.2) is 4.98 Å². The fraction of sp³-hybridized carbons (Fsp3) is 0.333. The second-order valence-electron chi connectivity index (χ2n) is 4.25. The molecule has 6 heteroatoms. The van der Waals surface area contributed by atoms with E-state index in [1.54, 1.807) is 0 Å². The van der Waals surface area contributed by atoms with Crippen LogP contribution in [0.4, 0.5) is 5.69 Å². The lowest BCUT2D eigenvalue weighted by atomic mass is 10.3. The molecule has 0 bridgehead atoms. The summed E-state index contributed by atoms with van der Waals surface area (Å²) in [5.74, 6) is -0.0580. The maximum atomic E-state index is 10.6. The molecule has 0 saturated heterocycles. The Hall–Kier alpha value is -1.56. The highest BCUT2D eigenvalue weighted by molar-refractivity contribution is 9.10. The lowest BCUT2D eigenvalue weighted by Gasteiger charge is -2.12. The molecule has 0 aliphatic carbocycles. The highest BCUT2D eigenvalue weighted by Crippen LogP contribution is 2.23. The molecule has 5 nitrogen and oxygen atoms in total. The summed E-state index contributed by atoms with van der Waals surface area (Å²) < 4.78 is 2.66. The third kappa shape index (κ3) is 2.48. The number of carbonyl (C=O) groups is 1. The fourth-order valence-electron chi connectivity index (χ4n) is 1.77. The molecule has 2 rings (SSSR count). The smallest absolute Gasteiger partial charge is 0.303 e. The number of rotatable bonds is 4. The third-order valence-electron chi connectivity index (χ3n) is 2.73. The van der Waals surface area contributed by atoms with E-state index in [0.29, 0.717) is 6.42 Å². The van der Waals surface area contributed by atoms with E-state index in [1.807, 2.05) is 41.7 Å². The van der Waals surface area contributed by atoms with Gasteiger partial charge in [-0.3, -0.25) is 4.79 Å². The summed E-state index contributed by atoms with van der Waals surface area (Å²) in [4.78, 5) is 17.0. The molecule has 0 aliphatic heterocycles. The molecule has 2 aromatic rings. The third-order valence-corrected chi connectivity index (χ3v) is 3.32. The molecule has 0 spiro atoms. The Kier molecular flexibility index (Phi) is 3.56. The van der Waals surface area contributed by atoms with Gasteiger partial charge in [-0.2, -0.15) is 0 Å². The van der Waals surface area contributed by atoms with Gasteiger partial charge < -0.3 is 14.4 Å². The number of fused-ring (bicyclic) bond motifs is 1. The first-order valence-electron chi connectivity index (χ1n) is 5.54. The van der Waals surface area contributed by atoms with E-state index in [0.717, 1.165) is 21.6 Å². The normalized spacial score (nSPS) is 10.8. The molecule has 2 heterocycles. The van der Waals surface area contributed by atoms with E-state index in [2.05, 4.69) is 20.9 Å². The number of nitrogens with zero attached hydrogens (tertiary/aromatic N) is 3. The van der Waals surface area contributed by atoms with Crippen LogP contribution >= 0.6 is 15.9 Å². The van der Waals surface area contributed by atoms with Crippen molar-refractivity contribution in [2.75, 3.05) is 19.0 Å². The molecule has 0 amide bonds. The van der Waals surface area contributed by atoms with Gasteiger partial charge in [0.05, 0.1) is 11.9 Å². The topological polar surface area (TPSA) is 57.8 Å². The summed E-state index contributed by atoms with van der Waals surface area (Å²) in [6.45, 7) is 0. The maximum absolute atomic E-state index is 10.6. The van der Waals surface area contributed by atoms with Crippen LogP contribution in [-0.4, -0.2) is 34.6 Å². The van der Waals surface area contributed by atoms with Crippen molar-refractivity contribution < 1.29 is 9.90 Å². The lowest BCUT2D eigenvalue weighted by Crippen LogP contribution is -2.09. The van der Waals surface area contributed by atoms with Gasteiger partial charge in [0.1, 0.15) is 10.4 Å². The van der Waals surface area contributed by atoms with Crippen molar-refractivity contribution in [1.29, 1.82) is 0 Å². The second kappa shape index (κ2) is 4.97. The number of imidazole rings is 1. The molecule has 0 aliphatic rings. The van der Waals surface area contributed by atoms with Crippen molar-refractivity contribution in [3.63, 3.8) is 0 Å². The van der Waals surface area contributed by atoms with Crippen LogP contribution in [0.25, 0.3) is 5.52 Å². The maximum Gasteiger partial charge on any atom is 0.303 e. The molecule has 0 radical (unpaired) electrons. The zero-order valence-electron chi connectivity index (χ0n) is 10.2. The first kappa shape index (κ1) is 12.9. The Labute approximate surface area is 113 Å². The molecule has 1 N–H and O–H groups in total. The fourth-order valence-corrected chi connectivity index (χ4v) is 2.28. The van der Waals surface area contributed by atoms with Crippen LogP contribution in [0.5, 0.6) is 0 Å². The van der Waals surface area contributed by atoms with Gasteiger partial charge in [-0.05, 0) is 28.1 Å². The first-order valence-corrected chi connectivity index (χ1v) is 6.34. The monoisotopic (exact) mass is 311 g/mol. The highest BCUT2D eigenvalue weighted by Gasteiger charge is 2.11. The Morgan fingerprint density at radius 1 is 1.56 bits per heavy atom. The minimum atomic E-state index is -0.812. The predicted octanol–water partition coefficient (Wildman–Crippen LogP) is 2.18. The summed E-state index contributed by atoms with van der Waals surface area (Å²) in [5, 5.41) is 8.72. The second-order valence-corrected chi connectivity index (χ2v) is 5.00. The van der Waals surface area contributed by atoms with E-state index in [1.165, 1.54) is 0 Å². The molecular weight excluding hydrogens is 298 g/mol. The standard InChI is InChI=1S/C12H14BrN3O2/c1-15(2)8-5-6-16-9(7-8)12(13)14-10(16)3-4-11(17)18/h5-7H,3-4H2,1-2H3,(H,17,18). The number of hydrogen-bond acceptors (Lipinski definition) is 3. The molecule has 0 unspecified atom stereocenters. The molecule has 0 aromatic carbocycles. The Morgan fingerprint density at radius 2 is 2.28 bits per heavy atom. The SMILES string of the molecule is CN(C)c1ccn2c(CCC(=O)O)nc(Br)c2c1. The molecule has 0 atom stereocenters. The van der Waals surface area contributed by atoms with E-state index in [9.17, 15) is 4.79 Å². The number of hydrogen-bond donors (Lipinski definition) is 1. The average molecular weight is 312 g/mol. The highest BCUT2D eigenvalue weighted by atomic mass is 79.9. The quantitative estimate of drug-likeness (QED) is 0.940. The molecule has 2 aromatic heterocycles. The predicted molar refractivity (Wildman–Crippen MR) is 73.2 cm³/mol. The average Bonchev–Trinajstić information content (AvgIpc) is 2.63. The van der Waals surface area contributed by atoms with Crippen molar-refractivity contribution in [3.05, 3.63) is 28.8 Å². The number of halogens is 1. The van der Waals surface area contributed by atoms with Crippen LogP contribution in [0, 0.1) is 0 Å². The first-order chi connectivity index (χ1) is 8.49. The number of aryl methyl sites for hydroxylation is 1. The van der Waals surface area contributed by atoms with Crippen LogP contribution in [0.15, 0.2) is 22.9 Å². The van der Waals surface area contributed by atoms with Crippen molar-refractivity contribution in [2.45, 2.75) is 12.8 Å². The van der Waals surface area contributed by atoms with Gasteiger partial charge >= 0.3 is 5.97 Å². The summed E-state index contributed by atoms with van der Waals surface area (Å²) in [7, 11) is 3.95. The molecule has 96 valence electrons. The number of carboxylic acid groups (broad SMARTS) is 1. The van der Waals surface area contributed by atoms with Gasteiger partial charge in [0, 0.05) is 32.4 Å². The summed E-state index contributed by atoms with van der Waals surface area (Å²) in [6.07, 6.45) is 2.42. The van der Waals surface area contributed by atoms with Crippen LogP contribution in [0.2, 0.25) is 0 Å². The van der Waals surface area contributed by atoms with Gasteiger partial charge in [0.25, 0.3) is 0 Å². The summed E-state index contributed by atoms with van der Waals surface area (Å²) in [6, 6.07) is 3.99. The van der Waals surface area contributed by atoms with Crippen molar-refractivity contribution in [2.24, 2.45) is 0 Å². The van der Waals surface area contributed by atoms with Crippen molar-refractivity contribution >= 4 is 33.1 Å². The van der Waals surface area contributed by atoms with Gasteiger partial charge in [0.2, 0.25) is 0 Å². The van der Waals surface area contributed by atoms with E-state index in [4.69, 9.17) is 5.11 Å². The number of aliphatic carboxylic acids is 1. The minimum absolute atomic E-state index is 0.0843. The Morgan fingerprint density at radius 3 is 2.89 bits per heavy atom. The van der Waals surface area contributed by atoms with E-state index in [-0.39, 0.29) is 6.42 Å². The molecule has 0 fully saturated rings. The lowest BCUT2D eigenvalue weighted by molar-refractivity contribution is -0.137. The van der Waals surface area contributed by atoms with Crippen LogP contribution in [0.3, 0.4) is 0 Å². The Bertz CT molecular complexity index is 592. The molecular formula is C12H14BrN3O2. The van der Waals surface area contributed by atoms with Crippen LogP contribution in [0.1, 0.15) is 12.2 Å². The number of pyridine rings is 1. The largest absolute Gasteiger partial charge is 0.481 e. The molecule has 0 saturated carbocycles. The van der Waals surface area contributed by atoms with Gasteiger partial charge in [-0.15, -0.1) is 0 Å². The number of carboxylic acids is 1. The summed E-state index contributed by atoms with van der Waals surface area (Å²) >= 11 is 3.41. The Balaban J connectivity index is 2.42. The van der Waals surface area contributed by atoms with E-state index < -0.39 is 5.97 Å². The van der Waals surface area contributed by atoms with Gasteiger partial charge in [-0.1, -0.05) is 0 Å². The summed E-state index contributed by atoms with van der Waals surface area (Å²) in [5.41, 5.74) is 2.02. The van der Waals surface area contributed by atoms with Crippen molar-refractivity contribution in [3.8, 4) is 0 Å². The number of anilines is 1. The van der Waals surface area contributed by atoms with Crippen LogP contribution < -0.4 is 4.90 Å². The minimum Gasteiger partial charge on any atom is -0.481 e. The number of aromatic nitrogens is 2. The van der Waals surface area contributed by atoms with E-state index >= 15 is 0 Å². The van der Waals surface area contributed by atoms with Gasteiger partial charge in [0.15, 0.2) is 0 Å². The molecule has 18 heavy (non-hydrogen) atoms. The zero-order chi connectivity index (χ0) is 13.3. The van der Waals surface area contributed by atoms with Crippen molar-refractivity contribution in [1.82, 2.24) is 9.38 Å². The zero-order valence-corrected chi connectivity index (χ0v) is 11.8. The van der Waals surface area contributed by atoms with Crippen LogP contribution in [-0.2, 0) is 11.2 Å².